The summed E-state index contributed by atoms with van der Waals surface area (Å²) in [5.74, 6) is -2.39. The molecule has 11 heteroatoms. The smallest absolute Gasteiger partial charge is 0.328 e. The van der Waals surface area contributed by atoms with Gasteiger partial charge in [0.25, 0.3) is 0 Å². The van der Waals surface area contributed by atoms with E-state index in [1.54, 1.807) is 20.8 Å². The van der Waals surface area contributed by atoms with Gasteiger partial charge in [0.1, 0.15) is 28.9 Å². The van der Waals surface area contributed by atoms with E-state index in [2.05, 4.69) is 27.3 Å². The second-order valence-corrected chi connectivity index (χ2v) is 15.6. The molecule has 0 spiro atoms. The summed E-state index contributed by atoms with van der Waals surface area (Å²) in [6.07, 6.45) is 1.20. The second kappa shape index (κ2) is 19.4. The van der Waals surface area contributed by atoms with Crippen LogP contribution in [0.3, 0.4) is 0 Å². The maximum absolute atomic E-state index is 13.9. The lowest BCUT2D eigenvalue weighted by atomic mass is 9.97. The van der Waals surface area contributed by atoms with E-state index in [4.69, 9.17) is 4.74 Å². The van der Waals surface area contributed by atoms with E-state index in [9.17, 15) is 23.7 Å². The maximum Gasteiger partial charge on any atom is 0.328 e. The molecule has 2 aromatic carbocycles. The van der Waals surface area contributed by atoms with Crippen molar-refractivity contribution in [2.24, 2.45) is 11.8 Å². The normalized spacial score (nSPS) is 15.3. The van der Waals surface area contributed by atoms with Crippen LogP contribution >= 0.6 is 0 Å². The minimum absolute atomic E-state index is 0.00552. The van der Waals surface area contributed by atoms with E-state index in [0.717, 1.165) is 11.1 Å². The number of ether oxygens (including phenoxy) is 1. The Hall–Kier alpha value is -3.67. The SMILES string of the molecule is C=C(C[C@H](N[S+]([O-])C(C)(C)C)C(=O)N[C@@H](CC(C)C)C(=O)N[C@@H](Cc1ccccc1)C(=O)N[C@H](C(=O)OC)[C@@H](C)CC)c1ccccc1. The topological polar surface area (TPSA) is 149 Å². The van der Waals surface area contributed by atoms with Gasteiger partial charge in [0.05, 0.1) is 7.11 Å². The summed E-state index contributed by atoms with van der Waals surface area (Å²) in [6, 6.07) is 14.7. The van der Waals surface area contributed by atoms with Crippen LogP contribution in [-0.2, 0) is 41.7 Å². The number of hydrogen-bond donors (Lipinski definition) is 4. The van der Waals surface area contributed by atoms with Crippen molar-refractivity contribution in [1.29, 1.82) is 0 Å². The fourth-order valence-corrected chi connectivity index (χ4v) is 5.69. The Morgan fingerprint density at radius 2 is 1.35 bits per heavy atom. The average Bonchev–Trinajstić information content (AvgIpc) is 3.05. The molecular weight excluding hydrogens is 628 g/mol. The summed E-state index contributed by atoms with van der Waals surface area (Å²) in [7, 11) is 1.26. The van der Waals surface area contributed by atoms with Crippen LogP contribution in [0.25, 0.3) is 5.57 Å². The number of esters is 1. The molecule has 3 amide bonds. The molecule has 4 N–H and O–H groups in total. The van der Waals surface area contributed by atoms with E-state index in [1.165, 1.54) is 7.11 Å². The average molecular weight is 683 g/mol. The van der Waals surface area contributed by atoms with Crippen LogP contribution in [0.15, 0.2) is 67.2 Å². The van der Waals surface area contributed by atoms with E-state index >= 15 is 0 Å². The van der Waals surface area contributed by atoms with Crippen LogP contribution in [0, 0.1) is 11.8 Å². The van der Waals surface area contributed by atoms with Gasteiger partial charge >= 0.3 is 5.97 Å². The van der Waals surface area contributed by atoms with Gasteiger partial charge in [-0.2, -0.15) is 0 Å². The van der Waals surface area contributed by atoms with Crippen molar-refractivity contribution < 1.29 is 28.5 Å². The zero-order valence-electron chi connectivity index (χ0n) is 29.6. The molecule has 0 radical (unpaired) electrons. The lowest BCUT2D eigenvalue weighted by Crippen LogP contribution is -2.59. The Kier molecular flexibility index (Phi) is 16.3. The molecule has 0 bridgehead atoms. The zero-order valence-corrected chi connectivity index (χ0v) is 30.4. The summed E-state index contributed by atoms with van der Waals surface area (Å²) < 4.78 is 20.4. The van der Waals surface area contributed by atoms with E-state index in [0.29, 0.717) is 12.0 Å². The van der Waals surface area contributed by atoms with Gasteiger partial charge in [-0.25, -0.2) is 4.79 Å². The van der Waals surface area contributed by atoms with Gasteiger partial charge in [-0.3, -0.25) is 14.4 Å². The van der Waals surface area contributed by atoms with Gasteiger partial charge in [0.15, 0.2) is 0 Å². The van der Waals surface area contributed by atoms with Crippen molar-refractivity contribution in [3.05, 3.63) is 78.4 Å². The lowest BCUT2D eigenvalue weighted by Gasteiger charge is -2.30. The molecule has 48 heavy (non-hydrogen) atoms. The van der Waals surface area contributed by atoms with Crippen LogP contribution in [-0.4, -0.2) is 64.3 Å². The third-order valence-corrected chi connectivity index (χ3v) is 9.59. The van der Waals surface area contributed by atoms with Crippen molar-refractivity contribution in [2.75, 3.05) is 7.11 Å². The fraction of sp³-hybridized carbons (Fsp3) is 0.514. The van der Waals surface area contributed by atoms with Crippen LogP contribution in [0.4, 0.5) is 0 Å². The number of benzene rings is 2. The van der Waals surface area contributed by atoms with Gasteiger partial charge in [-0.1, -0.05) is 101 Å². The molecule has 0 aliphatic rings. The standard InChI is InChI=1S/C37H54N4O6S/c1-10-25(4)32(36(45)47-9)40-34(43)30(23-27-17-13-11-14-18-27)39-33(42)29(21-24(2)3)38-35(44)31(41-48(46)37(6,7)8)22-26(5)28-19-15-12-16-20-28/h11-20,24-25,29-32,41H,5,10,21-23H2,1-4,6-9H3,(H,38,44)(H,39,42)(H,40,43)/t25-,29-,30-,31-,32-,48?/m0/s1. The minimum atomic E-state index is -1.59. The Bertz CT molecular complexity index is 1350. The van der Waals surface area contributed by atoms with Crippen molar-refractivity contribution in [3.63, 3.8) is 0 Å². The summed E-state index contributed by atoms with van der Waals surface area (Å²) >= 11 is -1.59. The number of amides is 3. The zero-order chi connectivity index (χ0) is 36.0. The van der Waals surface area contributed by atoms with Crippen molar-refractivity contribution in [2.45, 2.75) is 103 Å². The number of methoxy groups -OCH3 is 1. The first-order valence-electron chi connectivity index (χ1n) is 16.5. The predicted molar refractivity (Wildman–Crippen MR) is 192 cm³/mol. The summed E-state index contributed by atoms with van der Waals surface area (Å²) in [4.78, 5) is 54.1. The van der Waals surface area contributed by atoms with Gasteiger partial charge in [-0.05, 0) is 55.7 Å². The lowest BCUT2D eigenvalue weighted by molar-refractivity contribution is -0.147. The number of carbonyl (C=O) groups excluding carboxylic acids is 4. The molecule has 0 fully saturated rings. The Balaban J connectivity index is 2.37. The van der Waals surface area contributed by atoms with Gasteiger partial charge in [-0.15, -0.1) is 4.72 Å². The number of nitrogens with one attached hydrogen (secondary N) is 4. The minimum Gasteiger partial charge on any atom is -0.598 e. The van der Waals surface area contributed by atoms with Gasteiger partial charge < -0.3 is 25.2 Å². The number of carbonyl (C=O) groups is 4. The molecular formula is C37H54N4O6S. The number of hydrogen-bond acceptors (Lipinski definition) is 7. The third kappa shape index (κ3) is 13.1. The first-order valence-corrected chi connectivity index (χ1v) is 17.7. The highest BCUT2D eigenvalue weighted by molar-refractivity contribution is 7.90. The molecule has 264 valence electrons. The van der Waals surface area contributed by atoms with Gasteiger partial charge in [0, 0.05) is 24.2 Å². The van der Waals surface area contributed by atoms with Crippen LogP contribution in [0.2, 0.25) is 0 Å². The molecule has 0 heterocycles. The molecule has 2 rings (SSSR count). The maximum atomic E-state index is 13.9. The molecule has 0 aliphatic heterocycles. The predicted octanol–water partition coefficient (Wildman–Crippen LogP) is 4.47. The highest BCUT2D eigenvalue weighted by Gasteiger charge is 2.36. The van der Waals surface area contributed by atoms with Crippen LogP contribution in [0.5, 0.6) is 0 Å². The van der Waals surface area contributed by atoms with Crippen molar-refractivity contribution in [3.8, 4) is 0 Å². The van der Waals surface area contributed by atoms with Crippen LogP contribution < -0.4 is 20.7 Å². The summed E-state index contributed by atoms with van der Waals surface area (Å²) in [6.45, 7) is 17.2. The van der Waals surface area contributed by atoms with E-state index < -0.39 is 64.0 Å². The molecule has 0 aromatic heterocycles. The van der Waals surface area contributed by atoms with Gasteiger partial charge in [0.2, 0.25) is 17.7 Å². The Morgan fingerprint density at radius 3 is 1.88 bits per heavy atom. The molecule has 6 atom stereocenters. The monoisotopic (exact) mass is 682 g/mol. The largest absolute Gasteiger partial charge is 0.598 e. The molecule has 0 saturated heterocycles. The quantitative estimate of drug-likeness (QED) is 0.134. The molecule has 10 nitrogen and oxygen atoms in total. The fourth-order valence-electron chi connectivity index (χ4n) is 4.89. The van der Waals surface area contributed by atoms with Crippen molar-refractivity contribution >= 4 is 40.6 Å². The Labute approximate surface area is 289 Å². The summed E-state index contributed by atoms with van der Waals surface area (Å²) in [5.41, 5.74) is 2.31. The molecule has 0 saturated carbocycles. The molecule has 1 unspecified atom stereocenters. The molecule has 0 aliphatic carbocycles. The van der Waals surface area contributed by atoms with E-state index in [1.807, 2.05) is 88.4 Å². The highest BCUT2D eigenvalue weighted by atomic mass is 32.2. The Morgan fingerprint density at radius 1 is 0.833 bits per heavy atom. The first-order chi connectivity index (χ1) is 22.6. The van der Waals surface area contributed by atoms with Crippen molar-refractivity contribution in [1.82, 2.24) is 20.7 Å². The molecule has 2 aromatic rings. The number of rotatable bonds is 18. The highest BCUT2D eigenvalue weighted by Crippen LogP contribution is 2.21. The second-order valence-electron chi connectivity index (χ2n) is 13.6. The summed E-state index contributed by atoms with van der Waals surface area (Å²) in [5, 5.41) is 8.51. The van der Waals surface area contributed by atoms with Crippen LogP contribution in [0.1, 0.15) is 78.9 Å². The van der Waals surface area contributed by atoms with E-state index in [-0.39, 0.29) is 31.1 Å². The third-order valence-electron chi connectivity index (χ3n) is 7.98. The first kappa shape index (κ1) is 40.5.